The molecule has 0 aliphatic heterocycles. The van der Waals surface area contributed by atoms with Gasteiger partial charge in [-0.3, -0.25) is 4.79 Å². The minimum absolute atomic E-state index is 0.0494. The van der Waals surface area contributed by atoms with Crippen molar-refractivity contribution >= 4 is 33.6 Å². The highest BCUT2D eigenvalue weighted by atomic mass is 19.1. The van der Waals surface area contributed by atoms with Gasteiger partial charge in [0.2, 0.25) is 5.43 Å². The van der Waals surface area contributed by atoms with E-state index in [1.165, 1.54) is 18.7 Å². The van der Waals surface area contributed by atoms with Crippen LogP contribution in [0, 0.1) is 5.82 Å². The van der Waals surface area contributed by atoms with Gasteiger partial charge in [0.25, 0.3) is 0 Å². The maximum absolute atomic E-state index is 15.1. The molecule has 0 radical (unpaired) electrons. The molecule has 2 heterocycles. The summed E-state index contributed by atoms with van der Waals surface area (Å²) in [6, 6.07) is 5.13. The number of hydrogen-bond donors (Lipinski definition) is 0. The Morgan fingerprint density at radius 1 is 1.21 bits per heavy atom. The summed E-state index contributed by atoms with van der Waals surface area (Å²) >= 11 is 0. The Morgan fingerprint density at radius 3 is 2.59 bits per heavy atom. The summed E-state index contributed by atoms with van der Waals surface area (Å²) in [5.74, 6) is -0.999. The van der Waals surface area contributed by atoms with Gasteiger partial charge in [-0.2, -0.15) is 0 Å². The molecule has 0 bridgehead atoms. The second-order valence-corrected chi connectivity index (χ2v) is 10.4. The zero-order chi connectivity index (χ0) is 24.6. The number of likely N-dealkylation sites (N-methyl/N-ethyl adjacent to an activating group) is 1. The van der Waals surface area contributed by atoms with Gasteiger partial charge in [0.15, 0.2) is 0 Å². The van der Waals surface area contributed by atoms with Gasteiger partial charge >= 0.3 is 5.97 Å². The Hall–Kier alpha value is -3.00. The van der Waals surface area contributed by atoms with E-state index < -0.39 is 11.4 Å². The van der Waals surface area contributed by atoms with E-state index in [0.717, 1.165) is 25.7 Å². The van der Waals surface area contributed by atoms with Crippen LogP contribution in [0.3, 0.4) is 0 Å². The molecule has 2 aromatic heterocycles. The number of benzene rings is 1. The number of carbonyl (C=O) groups excluding carboxylic acids is 1. The van der Waals surface area contributed by atoms with E-state index in [1.54, 1.807) is 23.7 Å². The third kappa shape index (κ3) is 4.92. The van der Waals surface area contributed by atoms with Crippen LogP contribution in [0.1, 0.15) is 42.5 Å². The Balaban J connectivity index is 1.71. The highest BCUT2D eigenvalue weighted by Crippen LogP contribution is 2.31. The van der Waals surface area contributed by atoms with Crippen molar-refractivity contribution in [1.29, 1.82) is 0 Å². The lowest BCUT2D eigenvalue weighted by Gasteiger charge is -2.33. The summed E-state index contributed by atoms with van der Waals surface area (Å²) in [5.41, 5.74) is 1.07. The molecule has 3 aromatic rings. The molecular weight excluding hydrogens is 435 g/mol. The monoisotopic (exact) mass is 469 g/mol. The van der Waals surface area contributed by atoms with Crippen molar-refractivity contribution in [3.8, 4) is 0 Å². The number of anilines is 1. The largest absolute Gasteiger partial charge is 0.456 e. The quantitative estimate of drug-likeness (QED) is 0.312. The molecule has 1 fully saturated rings. The smallest absolute Gasteiger partial charge is 0.343 e. The van der Waals surface area contributed by atoms with Crippen LogP contribution >= 0.6 is 0 Å². The number of fused-ring (bicyclic) bond motifs is 2. The van der Waals surface area contributed by atoms with E-state index in [9.17, 15) is 9.59 Å². The molecule has 1 aromatic carbocycles. The van der Waals surface area contributed by atoms with Crippen molar-refractivity contribution in [2.45, 2.75) is 38.1 Å². The number of aryl methyl sites for hydroxylation is 1. The highest BCUT2D eigenvalue weighted by Gasteiger charge is 2.22. The predicted molar refractivity (Wildman–Crippen MR) is 133 cm³/mol. The fourth-order valence-corrected chi connectivity index (χ4v) is 4.64. The molecule has 0 unspecified atom stereocenters. The zero-order valence-electron chi connectivity index (χ0n) is 20.7. The van der Waals surface area contributed by atoms with Gasteiger partial charge in [0.05, 0.1) is 37.7 Å². The molecule has 0 amide bonds. The molecule has 182 valence electrons. The van der Waals surface area contributed by atoms with Crippen LogP contribution in [-0.4, -0.2) is 67.4 Å². The number of rotatable bonds is 6. The second kappa shape index (κ2) is 9.33. The minimum Gasteiger partial charge on any atom is -0.456 e. The summed E-state index contributed by atoms with van der Waals surface area (Å²) < 4.78 is 22.8. The molecule has 0 saturated heterocycles. The SMILES string of the molecule is CN(c1cc2nc3c(cc2cc1F)c(=O)c(C(=O)OCC[N+](C)(C)C)cn3C)C1CCCCC1. The standard InChI is InChI=1S/C26H34FN4O3/c1-29-16-20(26(33)34-12-11-31(3,4)5)24(32)19-13-17-14-21(27)23(15-22(17)28-25(19)29)30(2)18-9-7-6-8-10-18/h13-16,18H,6-12H2,1-5H3/q+1. The van der Waals surface area contributed by atoms with Crippen molar-refractivity contribution in [2.24, 2.45) is 7.05 Å². The number of pyridine rings is 2. The van der Waals surface area contributed by atoms with Gasteiger partial charge in [-0.05, 0) is 31.0 Å². The van der Waals surface area contributed by atoms with E-state index in [2.05, 4.69) is 4.98 Å². The Morgan fingerprint density at radius 2 is 1.91 bits per heavy atom. The fourth-order valence-electron chi connectivity index (χ4n) is 4.64. The molecule has 8 heteroatoms. The molecule has 1 aliphatic carbocycles. The molecule has 4 rings (SSSR count). The first-order valence-corrected chi connectivity index (χ1v) is 11.9. The average Bonchev–Trinajstić information content (AvgIpc) is 2.79. The van der Waals surface area contributed by atoms with Crippen molar-refractivity contribution in [2.75, 3.05) is 46.2 Å². The van der Waals surface area contributed by atoms with E-state index >= 15 is 4.39 Å². The number of nitrogens with zero attached hydrogens (tertiary/aromatic N) is 4. The average molecular weight is 470 g/mol. The summed E-state index contributed by atoms with van der Waals surface area (Å²) in [5, 5.41) is 0.794. The number of ether oxygens (including phenoxy) is 1. The van der Waals surface area contributed by atoms with Crippen LogP contribution in [0.5, 0.6) is 0 Å². The highest BCUT2D eigenvalue weighted by molar-refractivity contribution is 5.97. The van der Waals surface area contributed by atoms with Crippen molar-refractivity contribution in [3.63, 3.8) is 0 Å². The van der Waals surface area contributed by atoms with Gasteiger partial charge in [0.1, 0.15) is 30.2 Å². The van der Waals surface area contributed by atoms with Crippen LogP contribution in [0.15, 0.2) is 29.2 Å². The van der Waals surface area contributed by atoms with Crippen LogP contribution in [0.25, 0.3) is 21.9 Å². The zero-order valence-corrected chi connectivity index (χ0v) is 20.7. The number of hydrogen-bond acceptors (Lipinski definition) is 5. The van der Waals surface area contributed by atoms with E-state index in [1.807, 2.05) is 33.1 Å². The summed E-state index contributed by atoms with van der Waals surface area (Å²) in [6.45, 7) is 0.838. The molecule has 1 aliphatic rings. The predicted octanol–water partition coefficient (Wildman–Crippen LogP) is 3.86. The van der Waals surface area contributed by atoms with Gasteiger partial charge < -0.3 is 18.7 Å². The lowest BCUT2D eigenvalue weighted by atomic mass is 9.94. The number of carbonyl (C=O) groups is 1. The van der Waals surface area contributed by atoms with E-state index in [0.29, 0.717) is 39.3 Å². The maximum atomic E-state index is 15.1. The summed E-state index contributed by atoms with van der Waals surface area (Å²) in [4.78, 5) is 32.4. The lowest BCUT2D eigenvalue weighted by molar-refractivity contribution is -0.870. The molecule has 0 spiro atoms. The summed E-state index contributed by atoms with van der Waals surface area (Å²) in [6.07, 6.45) is 7.14. The first-order valence-electron chi connectivity index (χ1n) is 11.9. The normalized spacial score (nSPS) is 15.1. The fraction of sp³-hybridized carbons (Fsp3) is 0.500. The molecule has 0 atom stereocenters. The third-order valence-corrected chi connectivity index (χ3v) is 6.73. The first-order chi connectivity index (χ1) is 16.0. The van der Waals surface area contributed by atoms with Crippen LogP contribution in [0.4, 0.5) is 10.1 Å². The van der Waals surface area contributed by atoms with E-state index in [4.69, 9.17) is 4.74 Å². The van der Waals surface area contributed by atoms with Gasteiger partial charge in [0, 0.05) is 31.7 Å². The molecular formula is C26H34FN4O3+. The lowest BCUT2D eigenvalue weighted by Crippen LogP contribution is -2.38. The number of quaternary nitrogens is 1. The molecule has 0 N–H and O–H groups in total. The van der Waals surface area contributed by atoms with Crippen molar-refractivity contribution in [1.82, 2.24) is 9.55 Å². The maximum Gasteiger partial charge on any atom is 0.343 e. The number of halogens is 1. The molecule has 1 saturated carbocycles. The Kier molecular flexibility index (Phi) is 6.62. The van der Waals surface area contributed by atoms with Gasteiger partial charge in [-0.15, -0.1) is 0 Å². The van der Waals surface area contributed by atoms with Crippen molar-refractivity contribution in [3.05, 3.63) is 46.0 Å². The second-order valence-electron chi connectivity index (χ2n) is 10.4. The van der Waals surface area contributed by atoms with Crippen LogP contribution < -0.4 is 10.3 Å². The number of esters is 1. The minimum atomic E-state index is -0.660. The van der Waals surface area contributed by atoms with Gasteiger partial charge in [-0.1, -0.05) is 19.3 Å². The Labute approximate surface area is 199 Å². The van der Waals surface area contributed by atoms with E-state index in [-0.39, 0.29) is 23.4 Å². The first kappa shape index (κ1) is 24.1. The molecule has 34 heavy (non-hydrogen) atoms. The third-order valence-electron chi connectivity index (χ3n) is 6.73. The van der Waals surface area contributed by atoms with Crippen LogP contribution in [0.2, 0.25) is 0 Å². The summed E-state index contributed by atoms with van der Waals surface area (Å²) in [7, 11) is 9.67. The Bertz CT molecular complexity index is 1290. The number of aromatic nitrogens is 2. The topological polar surface area (TPSA) is 64.4 Å². The van der Waals surface area contributed by atoms with Crippen molar-refractivity contribution < 1.29 is 18.4 Å². The van der Waals surface area contributed by atoms with Crippen LogP contribution in [-0.2, 0) is 11.8 Å². The van der Waals surface area contributed by atoms with Gasteiger partial charge in [-0.25, -0.2) is 14.2 Å². The molecule has 7 nitrogen and oxygen atoms in total.